The number of esters is 1. The van der Waals surface area contributed by atoms with Crippen molar-refractivity contribution >= 4 is 5.97 Å². The van der Waals surface area contributed by atoms with Crippen molar-refractivity contribution in [3.63, 3.8) is 0 Å². The molecule has 0 spiro atoms. The van der Waals surface area contributed by atoms with Crippen LogP contribution in [0.2, 0.25) is 0 Å². The first-order valence-electron chi connectivity index (χ1n) is 10.1. The zero-order valence-corrected chi connectivity index (χ0v) is 18.0. The van der Waals surface area contributed by atoms with Crippen LogP contribution in [0.4, 0.5) is 0 Å². The van der Waals surface area contributed by atoms with E-state index >= 15 is 0 Å². The third-order valence-corrected chi connectivity index (χ3v) is 5.11. The third-order valence-electron chi connectivity index (χ3n) is 5.11. The second-order valence-electron chi connectivity index (χ2n) is 7.32. The van der Waals surface area contributed by atoms with Gasteiger partial charge in [-0.05, 0) is 29.0 Å². The summed E-state index contributed by atoms with van der Waals surface area (Å²) in [4.78, 5) is 12.0. The summed E-state index contributed by atoms with van der Waals surface area (Å²) in [6, 6.07) is 11.2. The predicted octanol–water partition coefficient (Wildman–Crippen LogP) is 0.773. The molecule has 3 heterocycles. The van der Waals surface area contributed by atoms with E-state index in [1.54, 1.807) is 39.6 Å². The van der Waals surface area contributed by atoms with E-state index in [0.29, 0.717) is 18.9 Å². The number of hydrogen-bond acceptors (Lipinski definition) is 9. The fourth-order valence-electron chi connectivity index (χ4n) is 3.41. The van der Waals surface area contributed by atoms with Gasteiger partial charge >= 0.3 is 5.97 Å². The number of tetrazole rings is 1. The Morgan fingerprint density at radius 3 is 2.75 bits per heavy atom. The minimum atomic E-state index is -0.509. The fourth-order valence-corrected chi connectivity index (χ4v) is 3.41. The molecule has 1 N–H and O–H groups in total. The van der Waals surface area contributed by atoms with E-state index in [1.165, 1.54) is 7.11 Å². The Morgan fingerprint density at radius 2 is 2.03 bits per heavy atom. The maximum absolute atomic E-state index is 12.0. The topological polar surface area (TPSA) is 130 Å². The van der Waals surface area contributed by atoms with Crippen LogP contribution in [-0.2, 0) is 18.3 Å². The quantitative estimate of drug-likeness (QED) is 0.378. The van der Waals surface area contributed by atoms with Crippen molar-refractivity contribution in [3.8, 4) is 0 Å². The molecule has 1 unspecified atom stereocenters. The number of rotatable bonds is 9. The van der Waals surface area contributed by atoms with Crippen molar-refractivity contribution in [1.82, 2.24) is 50.3 Å². The molecule has 1 aromatic carbocycles. The fraction of sp³-hybridized carbons (Fsp3) is 0.350. The van der Waals surface area contributed by atoms with E-state index in [0.717, 1.165) is 11.3 Å². The number of benzene rings is 1. The minimum absolute atomic E-state index is 0.0201. The molecule has 2 atom stereocenters. The number of aryl methyl sites for hydroxylation is 1. The molecule has 0 aliphatic heterocycles. The molecule has 3 aromatic heterocycles. The van der Waals surface area contributed by atoms with Crippen LogP contribution in [-0.4, -0.2) is 64.6 Å². The lowest BCUT2D eigenvalue weighted by Gasteiger charge is -2.21. The normalized spacial score (nSPS) is 13.1. The first-order chi connectivity index (χ1) is 15.6. The van der Waals surface area contributed by atoms with Crippen LogP contribution < -0.4 is 5.32 Å². The molecule has 166 valence electrons. The van der Waals surface area contributed by atoms with Gasteiger partial charge in [0.1, 0.15) is 6.04 Å². The van der Waals surface area contributed by atoms with Gasteiger partial charge in [-0.2, -0.15) is 5.10 Å². The molecule has 12 heteroatoms. The number of ether oxygens (including phenoxy) is 1. The first kappa shape index (κ1) is 21.3. The highest BCUT2D eigenvalue weighted by atomic mass is 16.5. The van der Waals surface area contributed by atoms with Crippen molar-refractivity contribution in [2.24, 2.45) is 7.05 Å². The third kappa shape index (κ3) is 4.54. The van der Waals surface area contributed by atoms with Crippen LogP contribution in [0.25, 0.3) is 0 Å². The average molecular weight is 436 g/mol. The standard InChI is InChI=1S/C20H24N10O2/c1-14(29-10-9-22-26-29)12-21-18(17-11-16(20(31)32-3)24-28(17)2)19-23-25-27-30(19)13-15-7-5-4-6-8-15/h4-11,14,18,21H,12-13H2,1-3H3/t14-,18?/m0/s1. The molecule has 0 amide bonds. The molecular formula is C20H24N10O2. The van der Waals surface area contributed by atoms with Gasteiger partial charge in [-0.3, -0.25) is 4.68 Å². The number of carbonyl (C=O) groups excluding carboxylic acids is 1. The Hall–Kier alpha value is -3.93. The summed E-state index contributed by atoms with van der Waals surface area (Å²) in [5, 5.41) is 28.1. The molecular weight excluding hydrogens is 412 g/mol. The summed E-state index contributed by atoms with van der Waals surface area (Å²) in [7, 11) is 3.09. The van der Waals surface area contributed by atoms with Crippen molar-refractivity contribution < 1.29 is 9.53 Å². The second kappa shape index (κ2) is 9.47. The van der Waals surface area contributed by atoms with Crippen LogP contribution in [0, 0.1) is 0 Å². The summed E-state index contributed by atoms with van der Waals surface area (Å²) in [6.45, 7) is 3.07. The van der Waals surface area contributed by atoms with Gasteiger partial charge in [-0.15, -0.1) is 10.2 Å². The first-order valence-corrected chi connectivity index (χ1v) is 10.1. The van der Waals surface area contributed by atoms with E-state index in [1.807, 2.05) is 37.3 Å². The highest BCUT2D eigenvalue weighted by Crippen LogP contribution is 2.22. The monoisotopic (exact) mass is 436 g/mol. The van der Waals surface area contributed by atoms with Crippen molar-refractivity contribution in [2.45, 2.75) is 25.6 Å². The van der Waals surface area contributed by atoms with Gasteiger partial charge in [-0.1, -0.05) is 35.5 Å². The maximum atomic E-state index is 12.0. The highest BCUT2D eigenvalue weighted by molar-refractivity contribution is 5.87. The lowest BCUT2D eigenvalue weighted by Crippen LogP contribution is -2.32. The average Bonchev–Trinajstić information content (AvgIpc) is 3.56. The van der Waals surface area contributed by atoms with E-state index in [4.69, 9.17) is 4.74 Å². The highest BCUT2D eigenvalue weighted by Gasteiger charge is 2.27. The molecule has 0 aliphatic rings. The Morgan fingerprint density at radius 1 is 1.22 bits per heavy atom. The summed E-state index contributed by atoms with van der Waals surface area (Å²) in [5.74, 6) is 0.0875. The van der Waals surface area contributed by atoms with Crippen LogP contribution in [0.1, 0.15) is 46.6 Å². The number of methoxy groups -OCH3 is 1. The van der Waals surface area contributed by atoms with Gasteiger partial charge in [-0.25, -0.2) is 14.2 Å². The van der Waals surface area contributed by atoms with E-state index in [2.05, 4.69) is 36.3 Å². The number of carbonyl (C=O) groups is 1. The molecule has 0 saturated heterocycles. The lowest BCUT2D eigenvalue weighted by atomic mass is 10.1. The molecule has 0 saturated carbocycles. The Kier molecular flexibility index (Phi) is 6.31. The molecule has 0 aliphatic carbocycles. The van der Waals surface area contributed by atoms with Gasteiger partial charge in [0.25, 0.3) is 0 Å². The second-order valence-corrected chi connectivity index (χ2v) is 7.32. The van der Waals surface area contributed by atoms with Crippen LogP contribution in [0.3, 0.4) is 0 Å². The summed E-state index contributed by atoms with van der Waals surface area (Å²) in [6.07, 6.45) is 3.44. The smallest absolute Gasteiger partial charge is 0.358 e. The van der Waals surface area contributed by atoms with Gasteiger partial charge in [0, 0.05) is 19.8 Å². The van der Waals surface area contributed by atoms with Crippen molar-refractivity contribution in [3.05, 3.63) is 71.6 Å². The molecule has 12 nitrogen and oxygen atoms in total. The van der Waals surface area contributed by atoms with Gasteiger partial charge in [0.05, 0.1) is 31.6 Å². The zero-order chi connectivity index (χ0) is 22.5. The minimum Gasteiger partial charge on any atom is -0.464 e. The van der Waals surface area contributed by atoms with Crippen molar-refractivity contribution in [1.29, 1.82) is 0 Å². The van der Waals surface area contributed by atoms with E-state index in [9.17, 15) is 4.79 Å². The van der Waals surface area contributed by atoms with E-state index in [-0.39, 0.29) is 11.7 Å². The largest absolute Gasteiger partial charge is 0.464 e. The van der Waals surface area contributed by atoms with Gasteiger partial charge in [0.15, 0.2) is 11.5 Å². The Balaban J connectivity index is 1.66. The number of aromatic nitrogens is 9. The van der Waals surface area contributed by atoms with Crippen LogP contribution >= 0.6 is 0 Å². The van der Waals surface area contributed by atoms with Crippen LogP contribution in [0.5, 0.6) is 0 Å². The molecule has 0 bridgehead atoms. The SMILES string of the molecule is COC(=O)c1cc(C(NC[C@H](C)n2ccnn2)c2nnnn2Cc2ccccc2)n(C)n1. The number of nitrogens with one attached hydrogen (secondary N) is 1. The number of hydrogen-bond donors (Lipinski definition) is 1. The van der Waals surface area contributed by atoms with Crippen LogP contribution in [0.15, 0.2) is 48.8 Å². The van der Waals surface area contributed by atoms with Crippen molar-refractivity contribution in [2.75, 3.05) is 13.7 Å². The maximum Gasteiger partial charge on any atom is 0.358 e. The zero-order valence-electron chi connectivity index (χ0n) is 18.0. The molecule has 0 radical (unpaired) electrons. The van der Waals surface area contributed by atoms with E-state index < -0.39 is 12.0 Å². The molecule has 4 rings (SSSR count). The lowest BCUT2D eigenvalue weighted by molar-refractivity contribution is 0.0593. The summed E-state index contributed by atoms with van der Waals surface area (Å²) < 4.78 is 9.95. The summed E-state index contributed by atoms with van der Waals surface area (Å²) in [5.41, 5.74) is 2.00. The molecule has 0 fully saturated rings. The van der Waals surface area contributed by atoms with Gasteiger partial charge in [0.2, 0.25) is 0 Å². The molecule has 32 heavy (non-hydrogen) atoms. The Bertz CT molecular complexity index is 1150. The summed E-state index contributed by atoms with van der Waals surface area (Å²) >= 11 is 0. The predicted molar refractivity (Wildman–Crippen MR) is 112 cm³/mol. The number of nitrogens with zero attached hydrogens (tertiary/aromatic N) is 9. The van der Waals surface area contributed by atoms with Gasteiger partial charge < -0.3 is 10.1 Å². The Labute approximate surface area is 184 Å². The molecule has 4 aromatic rings.